The van der Waals surface area contributed by atoms with Gasteiger partial charge in [-0.3, -0.25) is 0 Å². The lowest BCUT2D eigenvalue weighted by Gasteiger charge is -2.48. The van der Waals surface area contributed by atoms with E-state index in [4.69, 9.17) is 0 Å². The number of aliphatic hydroxyl groups is 1. The Kier molecular flexibility index (Phi) is 2.28. The molecule has 0 bridgehead atoms. The van der Waals surface area contributed by atoms with Crippen LogP contribution in [-0.2, 0) is 0 Å². The van der Waals surface area contributed by atoms with Gasteiger partial charge in [-0.1, -0.05) is 20.8 Å². The summed E-state index contributed by atoms with van der Waals surface area (Å²) < 4.78 is 0. The molecule has 1 rings (SSSR count). The highest BCUT2D eigenvalue weighted by atomic mass is 16.3. The summed E-state index contributed by atoms with van der Waals surface area (Å²) in [4.78, 5) is 0. The molecule has 0 spiro atoms. The van der Waals surface area contributed by atoms with E-state index < -0.39 is 5.60 Å². The van der Waals surface area contributed by atoms with Crippen molar-refractivity contribution < 1.29 is 5.11 Å². The largest absolute Gasteiger partial charge is 0.390 e. The highest BCUT2D eigenvalue weighted by Crippen LogP contribution is 2.48. The zero-order valence-corrected chi connectivity index (χ0v) is 9.02. The second-order valence-electron chi connectivity index (χ2n) is 5.88. The van der Waals surface area contributed by atoms with E-state index in [2.05, 4.69) is 20.8 Å². The molecule has 1 saturated carbocycles. The molecule has 72 valence electrons. The summed E-state index contributed by atoms with van der Waals surface area (Å²) in [7, 11) is 0. The summed E-state index contributed by atoms with van der Waals surface area (Å²) in [5.74, 6) is 1.34. The summed E-state index contributed by atoms with van der Waals surface area (Å²) in [5, 5.41) is 9.72. The van der Waals surface area contributed by atoms with Gasteiger partial charge in [0, 0.05) is 0 Å². The van der Waals surface area contributed by atoms with Crippen molar-refractivity contribution in [1.82, 2.24) is 0 Å². The fourth-order valence-electron chi connectivity index (χ4n) is 1.90. The first kappa shape index (κ1) is 10.0. The van der Waals surface area contributed by atoms with E-state index in [1.165, 1.54) is 12.8 Å². The maximum atomic E-state index is 9.72. The van der Waals surface area contributed by atoms with Crippen LogP contribution in [0, 0.1) is 17.3 Å². The van der Waals surface area contributed by atoms with Crippen LogP contribution in [0.1, 0.15) is 47.5 Å². The predicted molar refractivity (Wildman–Crippen MR) is 52.0 cm³/mol. The Morgan fingerprint density at radius 2 is 1.33 bits per heavy atom. The highest BCUT2D eigenvalue weighted by Gasteiger charge is 2.43. The zero-order chi connectivity index (χ0) is 9.57. The first-order valence-corrected chi connectivity index (χ1v) is 4.93. The van der Waals surface area contributed by atoms with Gasteiger partial charge in [-0.2, -0.15) is 0 Å². The molecule has 0 aromatic carbocycles. The molecule has 0 aromatic rings. The van der Waals surface area contributed by atoms with Crippen LogP contribution in [0.2, 0.25) is 0 Å². The van der Waals surface area contributed by atoms with Gasteiger partial charge in [0.2, 0.25) is 0 Å². The summed E-state index contributed by atoms with van der Waals surface area (Å²) in [5.41, 5.74) is -0.0243. The summed E-state index contributed by atoms with van der Waals surface area (Å²) in [6, 6.07) is 0. The molecule has 0 heterocycles. The first-order chi connectivity index (χ1) is 5.21. The molecule has 1 aliphatic carbocycles. The fraction of sp³-hybridized carbons (Fsp3) is 1.00. The lowest BCUT2D eigenvalue weighted by molar-refractivity contribution is -0.0680. The molecule has 0 radical (unpaired) electrons. The first-order valence-electron chi connectivity index (χ1n) is 4.93. The maximum absolute atomic E-state index is 9.72. The minimum Gasteiger partial charge on any atom is -0.390 e. The van der Waals surface area contributed by atoms with E-state index >= 15 is 0 Å². The smallest absolute Gasteiger partial charge is 0.0620 e. The van der Waals surface area contributed by atoms with E-state index in [1.807, 2.05) is 13.8 Å². The van der Waals surface area contributed by atoms with E-state index in [9.17, 15) is 5.11 Å². The van der Waals surface area contributed by atoms with Crippen molar-refractivity contribution >= 4 is 0 Å². The number of hydrogen-bond acceptors (Lipinski definition) is 1. The third kappa shape index (κ3) is 2.01. The van der Waals surface area contributed by atoms with Crippen LogP contribution < -0.4 is 0 Å². The molecular formula is C11H22O. The maximum Gasteiger partial charge on any atom is 0.0620 e. The van der Waals surface area contributed by atoms with Crippen molar-refractivity contribution in [3.8, 4) is 0 Å². The van der Waals surface area contributed by atoms with Crippen LogP contribution in [-0.4, -0.2) is 10.7 Å². The molecule has 1 fully saturated rings. The van der Waals surface area contributed by atoms with Crippen molar-refractivity contribution in [3.63, 3.8) is 0 Å². The van der Waals surface area contributed by atoms with Gasteiger partial charge < -0.3 is 5.11 Å². The monoisotopic (exact) mass is 170 g/mol. The normalized spacial score (nSPS) is 31.5. The topological polar surface area (TPSA) is 20.2 Å². The third-order valence-electron chi connectivity index (χ3n) is 3.36. The summed E-state index contributed by atoms with van der Waals surface area (Å²) >= 11 is 0. The minimum absolute atomic E-state index is 0.432. The molecule has 1 N–H and O–H groups in total. The quantitative estimate of drug-likeness (QED) is 0.641. The zero-order valence-electron chi connectivity index (χ0n) is 9.02. The van der Waals surface area contributed by atoms with Crippen LogP contribution in [0.25, 0.3) is 0 Å². The molecule has 0 amide bonds. The Morgan fingerprint density at radius 3 is 1.58 bits per heavy atom. The van der Waals surface area contributed by atoms with Gasteiger partial charge in [-0.05, 0) is 43.9 Å². The molecule has 0 aromatic heterocycles. The molecule has 1 nitrogen and oxygen atoms in total. The molecule has 0 atom stereocenters. The van der Waals surface area contributed by atoms with Crippen LogP contribution >= 0.6 is 0 Å². The molecule has 1 aliphatic rings. The van der Waals surface area contributed by atoms with Gasteiger partial charge in [0.25, 0.3) is 0 Å². The van der Waals surface area contributed by atoms with Gasteiger partial charge in [-0.15, -0.1) is 0 Å². The predicted octanol–water partition coefficient (Wildman–Crippen LogP) is 2.83. The van der Waals surface area contributed by atoms with Crippen LogP contribution in [0.15, 0.2) is 0 Å². The van der Waals surface area contributed by atoms with Crippen molar-refractivity contribution in [1.29, 1.82) is 0 Å². The minimum atomic E-state index is -0.457. The van der Waals surface area contributed by atoms with Gasteiger partial charge in [-0.25, -0.2) is 0 Å². The van der Waals surface area contributed by atoms with E-state index in [1.54, 1.807) is 0 Å². The molecule has 0 unspecified atom stereocenters. The Labute approximate surface area is 76.2 Å². The average molecular weight is 170 g/mol. The Hall–Kier alpha value is -0.0400. The molecule has 0 aliphatic heterocycles. The van der Waals surface area contributed by atoms with Gasteiger partial charge in [0.05, 0.1) is 5.60 Å². The molecule has 12 heavy (non-hydrogen) atoms. The van der Waals surface area contributed by atoms with Crippen molar-refractivity contribution in [3.05, 3.63) is 0 Å². The van der Waals surface area contributed by atoms with Crippen LogP contribution in [0.4, 0.5) is 0 Å². The molecule has 1 heteroatoms. The van der Waals surface area contributed by atoms with E-state index in [0.29, 0.717) is 11.3 Å². The third-order valence-corrected chi connectivity index (χ3v) is 3.36. The second kappa shape index (κ2) is 2.73. The Bertz CT molecular complexity index is 135. The van der Waals surface area contributed by atoms with E-state index in [-0.39, 0.29) is 0 Å². The Balaban J connectivity index is 2.39. The lowest BCUT2D eigenvalue weighted by Crippen LogP contribution is -2.44. The summed E-state index contributed by atoms with van der Waals surface area (Å²) in [6.45, 7) is 10.7. The average Bonchev–Trinajstić information content (AvgIpc) is 1.46. The van der Waals surface area contributed by atoms with Crippen molar-refractivity contribution in [2.45, 2.75) is 53.1 Å². The molecule has 0 saturated heterocycles. The standard InChI is InChI=1S/C11H22O/c1-10(2,3)8-6-9(7-8)11(4,5)12/h8-9,12H,6-7H2,1-5H3. The number of hydrogen-bond donors (Lipinski definition) is 1. The molecular weight excluding hydrogens is 148 g/mol. The lowest BCUT2D eigenvalue weighted by atomic mass is 9.59. The highest BCUT2D eigenvalue weighted by molar-refractivity contribution is 4.93. The van der Waals surface area contributed by atoms with Crippen molar-refractivity contribution in [2.75, 3.05) is 0 Å². The van der Waals surface area contributed by atoms with Crippen LogP contribution in [0.3, 0.4) is 0 Å². The van der Waals surface area contributed by atoms with Crippen LogP contribution in [0.5, 0.6) is 0 Å². The van der Waals surface area contributed by atoms with Gasteiger partial charge >= 0.3 is 0 Å². The Morgan fingerprint density at radius 1 is 0.917 bits per heavy atom. The summed E-state index contributed by atoms with van der Waals surface area (Å²) in [6.07, 6.45) is 2.40. The second-order valence-corrected chi connectivity index (χ2v) is 5.88. The van der Waals surface area contributed by atoms with Gasteiger partial charge in [0.1, 0.15) is 0 Å². The number of rotatable bonds is 1. The van der Waals surface area contributed by atoms with Crippen molar-refractivity contribution in [2.24, 2.45) is 17.3 Å². The van der Waals surface area contributed by atoms with Gasteiger partial charge in [0.15, 0.2) is 0 Å². The van der Waals surface area contributed by atoms with E-state index in [0.717, 1.165) is 5.92 Å². The fourth-order valence-corrected chi connectivity index (χ4v) is 1.90. The SMILES string of the molecule is CC(C)(C)C1CC(C(C)(C)O)C1.